The summed E-state index contributed by atoms with van der Waals surface area (Å²) < 4.78 is 0. The van der Waals surface area contributed by atoms with Crippen LogP contribution in [0.5, 0.6) is 0 Å². The van der Waals surface area contributed by atoms with E-state index in [4.69, 9.17) is 0 Å². The number of anilines is 2. The summed E-state index contributed by atoms with van der Waals surface area (Å²) in [5.74, 6) is 0.197. The lowest BCUT2D eigenvalue weighted by Crippen LogP contribution is -3.11. The standard InChI is InChI=1S/C24H33N3O2/c1-7-17(3)20-10-8-9-11-21(20)25-22(28)14-27(6)15-23(29)26-24-18(4)12-16(2)13-19(24)5/h8-13,17H,7,14-15H2,1-6H3,(H,25,28)(H,26,29)/p+1/t17-/m0/s1. The molecule has 156 valence electrons. The van der Waals surface area contributed by atoms with Gasteiger partial charge in [0.25, 0.3) is 11.8 Å². The van der Waals surface area contributed by atoms with Crippen molar-refractivity contribution in [2.75, 3.05) is 30.8 Å². The van der Waals surface area contributed by atoms with Crippen LogP contribution < -0.4 is 15.5 Å². The predicted molar refractivity (Wildman–Crippen MR) is 120 cm³/mol. The van der Waals surface area contributed by atoms with E-state index in [1.54, 1.807) is 0 Å². The molecule has 0 spiro atoms. The fourth-order valence-corrected chi connectivity index (χ4v) is 3.63. The lowest BCUT2D eigenvalue weighted by atomic mass is 9.97. The monoisotopic (exact) mass is 396 g/mol. The zero-order valence-electron chi connectivity index (χ0n) is 18.5. The number of likely N-dealkylation sites (N-methyl/N-ethyl adjacent to an activating group) is 1. The molecule has 0 saturated heterocycles. The fraction of sp³-hybridized carbons (Fsp3) is 0.417. The predicted octanol–water partition coefficient (Wildman–Crippen LogP) is 3.22. The molecule has 2 aromatic rings. The van der Waals surface area contributed by atoms with Crippen molar-refractivity contribution in [3.63, 3.8) is 0 Å². The van der Waals surface area contributed by atoms with Gasteiger partial charge in [-0.25, -0.2) is 0 Å². The van der Waals surface area contributed by atoms with Crippen molar-refractivity contribution in [3.05, 3.63) is 58.7 Å². The molecule has 0 bridgehead atoms. The first kappa shape index (κ1) is 22.6. The first-order valence-electron chi connectivity index (χ1n) is 10.3. The summed E-state index contributed by atoms with van der Waals surface area (Å²) in [5, 5.41) is 6.01. The van der Waals surface area contributed by atoms with Crippen molar-refractivity contribution >= 4 is 23.2 Å². The van der Waals surface area contributed by atoms with Gasteiger partial charge in [-0.1, -0.05) is 49.7 Å². The average Bonchev–Trinajstić information content (AvgIpc) is 2.64. The Balaban J connectivity index is 1.93. The van der Waals surface area contributed by atoms with Gasteiger partial charge in [0.05, 0.1) is 7.05 Å². The van der Waals surface area contributed by atoms with E-state index in [1.165, 1.54) is 5.56 Å². The van der Waals surface area contributed by atoms with Crippen molar-refractivity contribution in [2.24, 2.45) is 0 Å². The zero-order chi connectivity index (χ0) is 21.6. The van der Waals surface area contributed by atoms with Gasteiger partial charge in [0.1, 0.15) is 0 Å². The fourth-order valence-electron chi connectivity index (χ4n) is 3.63. The number of carbonyl (C=O) groups is 2. The molecule has 2 aromatic carbocycles. The van der Waals surface area contributed by atoms with Gasteiger partial charge in [0.2, 0.25) is 0 Å². The molecule has 1 unspecified atom stereocenters. The summed E-state index contributed by atoms with van der Waals surface area (Å²) in [7, 11) is 1.86. The van der Waals surface area contributed by atoms with Crippen LogP contribution in [0.1, 0.15) is 48.4 Å². The van der Waals surface area contributed by atoms with E-state index in [-0.39, 0.29) is 24.9 Å². The molecule has 2 rings (SSSR count). The second-order valence-electron chi connectivity index (χ2n) is 8.08. The quantitative estimate of drug-likeness (QED) is 0.642. The maximum absolute atomic E-state index is 12.5. The molecule has 0 radical (unpaired) electrons. The first-order chi connectivity index (χ1) is 13.7. The van der Waals surface area contributed by atoms with Crippen LogP contribution >= 0.6 is 0 Å². The van der Waals surface area contributed by atoms with Crippen molar-refractivity contribution in [3.8, 4) is 0 Å². The van der Waals surface area contributed by atoms with Crippen LogP contribution in [-0.2, 0) is 9.59 Å². The highest BCUT2D eigenvalue weighted by Crippen LogP contribution is 2.26. The molecule has 2 amide bonds. The normalized spacial score (nSPS) is 12.9. The van der Waals surface area contributed by atoms with Gasteiger partial charge >= 0.3 is 0 Å². The van der Waals surface area contributed by atoms with Gasteiger partial charge in [-0.05, 0) is 55.9 Å². The summed E-state index contributed by atoms with van der Waals surface area (Å²) in [6, 6.07) is 12.0. The SMILES string of the molecule is CC[C@H](C)c1ccccc1NC(=O)C[NH+](C)CC(=O)Nc1c(C)cc(C)cc1C. The second kappa shape index (κ2) is 10.2. The molecule has 3 N–H and O–H groups in total. The number of aryl methyl sites for hydroxylation is 3. The molecule has 0 aliphatic heterocycles. The summed E-state index contributed by atoms with van der Waals surface area (Å²) in [5.41, 5.74) is 6.13. The van der Waals surface area contributed by atoms with E-state index in [0.717, 1.165) is 39.4 Å². The number of hydrogen-bond donors (Lipinski definition) is 3. The molecule has 5 nitrogen and oxygen atoms in total. The first-order valence-corrected chi connectivity index (χ1v) is 10.3. The number of benzene rings is 2. The van der Waals surface area contributed by atoms with E-state index < -0.39 is 0 Å². The summed E-state index contributed by atoms with van der Waals surface area (Å²) in [6.45, 7) is 10.8. The third-order valence-corrected chi connectivity index (χ3v) is 5.24. The van der Waals surface area contributed by atoms with Crippen LogP contribution in [0.3, 0.4) is 0 Å². The van der Waals surface area contributed by atoms with Gasteiger partial charge in [0, 0.05) is 11.4 Å². The van der Waals surface area contributed by atoms with E-state index in [0.29, 0.717) is 5.92 Å². The molecule has 0 fully saturated rings. The number of hydrogen-bond acceptors (Lipinski definition) is 2. The van der Waals surface area contributed by atoms with Gasteiger partial charge in [0.15, 0.2) is 13.1 Å². The van der Waals surface area contributed by atoms with Crippen molar-refractivity contribution in [2.45, 2.75) is 47.0 Å². The van der Waals surface area contributed by atoms with E-state index >= 15 is 0 Å². The van der Waals surface area contributed by atoms with Crippen LogP contribution in [-0.4, -0.2) is 32.0 Å². The van der Waals surface area contributed by atoms with Gasteiger partial charge < -0.3 is 15.5 Å². The summed E-state index contributed by atoms with van der Waals surface area (Å²) in [6.07, 6.45) is 1.01. The van der Waals surface area contributed by atoms with Crippen molar-refractivity contribution in [1.29, 1.82) is 0 Å². The Labute approximate surface area is 174 Å². The Bertz CT molecular complexity index is 853. The maximum atomic E-state index is 12.5. The molecular formula is C24H34N3O2+. The lowest BCUT2D eigenvalue weighted by Gasteiger charge is -2.18. The Morgan fingerprint density at radius 3 is 2.10 bits per heavy atom. The third-order valence-electron chi connectivity index (χ3n) is 5.24. The van der Waals surface area contributed by atoms with Crippen molar-refractivity contribution in [1.82, 2.24) is 0 Å². The van der Waals surface area contributed by atoms with Crippen LogP contribution in [0.2, 0.25) is 0 Å². The number of rotatable bonds is 8. The van der Waals surface area contributed by atoms with E-state index in [1.807, 2.05) is 46.0 Å². The molecule has 5 heteroatoms. The highest BCUT2D eigenvalue weighted by atomic mass is 16.2. The van der Waals surface area contributed by atoms with Crippen molar-refractivity contribution < 1.29 is 14.5 Å². The Kier molecular flexibility index (Phi) is 7.97. The summed E-state index contributed by atoms with van der Waals surface area (Å²) in [4.78, 5) is 25.8. The van der Waals surface area contributed by atoms with Gasteiger partial charge in [-0.3, -0.25) is 9.59 Å². The van der Waals surface area contributed by atoms with Crippen LogP contribution in [0.4, 0.5) is 11.4 Å². The van der Waals surface area contributed by atoms with Crippen LogP contribution in [0.25, 0.3) is 0 Å². The number of amides is 2. The lowest BCUT2D eigenvalue weighted by molar-refractivity contribution is -0.862. The highest BCUT2D eigenvalue weighted by Gasteiger charge is 2.17. The molecule has 0 aromatic heterocycles. The molecule has 0 heterocycles. The van der Waals surface area contributed by atoms with E-state index in [2.05, 4.69) is 42.7 Å². The molecule has 0 saturated carbocycles. The largest absolute Gasteiger partial charge is 0.322 e. The highest BCUT2D eigenvalue weighted by molar-refractivity contribution is 5.94. The number of nitrogens with one attached hydrogen (secondary N) is 3. The molecule has 0 aliphatic rings. The molecule has 0 aliphatic carbocycles. The molecule has 2 atom stereocenters. The number of para-hydroxylation sites is 1. The summed E-state index contributed by atoms with van der Waals surface area (Å²) >= 11 is 0. The second-order valence-corrected chi connectivity index (χ2v) is 8.08. The van der Waals surface area contributed by atoms with Gasteiger partial charge in [-0.2, -0.15) is 0 Å². The Hall–Kier alpha value is -2.66. The minimum atomic E-state index is -0.0923. The molecular weight excluding hydrogens is 362 g/mol. The molecule has 29 heavy (non-hydrogen) atoms. The minimum Gasteiger partial charge on any atom is -0.322 e. The van der Waals surface area contributed by atoms with Crippen LogP contribution in [0.15, 0.2) is 36.4 Å². The average molecular weight is 397 g/mol. The zero-order valence-corrected chi connectivity index (χ0v) is 18.5. The Morgan fingerprint density at radius 2 is 1.52 bits per heavy atom. The topological polar surface area (TPSA) is 62.6 Å². The minimum absolute atomic E-state index is 0.0891. The number of quaternary nitrogens is 1. The number of carbonyl (C=O) groups excluding carboxylic acids is 2. The van der Waals surface area contributed by atoms with Gasteiger partial charge in [-0.15, -0.1) is 0 Å². The Morgan fingerprint density at radius 1 is 0.966 bits per heavy atom. The van der Waals surface area contributed by atoms with Crippen LogP contribution in [0, 0.1) is 20.8 Å². The van der Waals surface area contributed by atoms with E-state index in [9.17, 15) is 9.59 Å². The third kappa shape index (κ3) is 6.43. The smallest absolute Gasteiger partial charge is 0.279 e. The maximum Gasteiger partial charge on any atom is 0.279 e.